The normalized spacial score (nSPS) is 17.1. The number of sulfonamides is 1. The summed E-state index contributed by atoms with van der Waals surface area (Å²) in [4.78, 5) is 13.6. The molecule has 6 heteroatoms. The summed E-state index contributed by atoms with van der Waals surface area (Å²) in [6, 6.07) is 21.1. The number of ether oxygens (including phenoxy) is 1. The zero-order valence-corrected chi connectivity index (χ0v) is 18.4. The lowest BCUT2D eigenvalue weighted by atomic mass is 9.98. The molecule has 1 atom stereocenters. The molecule has 1 aliphatic rings. The molecule has 1 unspecified atom stereocenters. The minimum Gasteiger partial charge on any atom is -0.488 e. The van der Waals surface area contributed by atoms with E-state index >= 15 is 0 Å². The second kappa shape index (κ2) is 8.65. The van der Waals surface area contributed by atoms with Crippen LogP contribution >= 0.6 is 0 Å². The maximum Gasteiger partial charge on any atom is 0.243 e. The fourth-order valence-corrected chi connectivity index (χ4v) is 5.45. The van der Waals surface area contributed by atoms with Crippen molar-refractivity contribution in [3.05, 3.63) is 95.1 Å². The highest BCUT2D eigenvalue weighted by atomic mass is 32.2. The van der Waals surface area contributed by atoms with E-state index in [1.807, 2.05) is 49.4 Å². The van der Waals surface area contributed by atoms with Crippen LogP contribution in [0.1, 0.15) is 34.0 Å². The first-order chi connectivity index (χ1) is 14.9. The molecule has 1 heterocycles. The molecular weight excluding hydrogens is 410 g/mol. The Labute approximate surface area is 183 Å². The Hall–Kier alpha value is -2.96. The van der Waals surface area contributed by atoms with Crippen molar-refractivity contribution in [1.82, 2.24) is 4.31 Å². The standard InChI is InChI=1S/C25H25NO4S/c1-18-11-13-22(14-12-18)31(28,29)26-16-15-21-9-6-10-23(24(21)25(27)19(26)2)30-17-20-7-4-3-5-8-20/h3-14,19H,15-17H2,1-2H3. The van der Waals surface area contributed by atoms with Gasteiger partial charge in [0.15, 0.2) is 5.78 Å². The van der Waals surface area contributed by atoms with Crippen molar-refractivity contribution in [1.29, 1.82) is 0 Å². The maximum absolute atomic E-state index is 13.4. The van der Waals surface area contributed by atoms with Crippen LogP contribution in [0.3, 0.4) is 0 Å². The lowest BCUT2D eigenvalue weighted by Crippen LogP contribution is -2.42. The fraction of sp³-hybridized carbons (Fsp3) is 0.240. The van der Waals surface area contributed by atoms with E-state index in [9.17, 15) is 13.2 Å². The molecule has 0 saturated heterocycles. The second-order valence-electron chi connectivity index (χ2n) is 7.78. The minimum atomic E-state index is -3.80. The predicted molar refractivity (Wildman–Crippen MR) is 120 cm³/mol. The van der Waals surface area contributed by atoms with Crippen LogP contribution in [0.4, 0.5) is 0 Å². The van der Waals surface area contributed by atoms with Crippen molar-refractivity contribution in [2.45, 2.75) is 37.8 Å². The highest BCUT2D eigenvalue weighted by molar-refractivity contribution is 7.89. The molecule has 0 radical (unpaired) electrons. The Balaban J connectivity index is 1.64. The van der Waals surface area contributed by atoms with Gasteiger partial charge in [0, 0.05) is 6.54 Å². The third-order valence-electron chi connectivity index (χ3n) is 5.64. The molecule has 0 aliphatic carbocycles. The van der Waals surface area contributed by atoms with E-state index in [-0.39, 0.29) is 17.2 Å². The van der Waals surface area contributed by atoms with Crippen molar-refractivity contribution in [3.8, 4) is 5.75 Å². The number of rotatable bonds is 5. The van der Waals surface area contributed by atoms with Crippen LogP contribution in [-0.4, -0.2) is 31.1 Å². The van der Waals surface area contributed by atoms with Gasteiger partial charge in [0.25, 0.3) is 0 Å². The maximum atomic E-state index is 13.4. The van der Waals surface area contributed by atoms with Gasteiger partial charge >= 0.3 is 0 Å². The van der Waals surface area contributed by atoms with Gasteiger partial charge in [-0.15, -0.1) is 0 Å². The van der Waals surface area contributed by atoms with Crippen molar-refractivity contribution in [2.24, 2.45) is 0 Å². The lowest BCUT2D eigenvalue weighted by Gasteiger charge is -2.25. The highest BCUT2D eigenvalue weighted by Gasteiger charge is 2.37. The number of aryl methyl sites for hydroxylation is 1. The van der Waals surface area contributed by atoms with E-state index in [2.05, 4.69) is 0 Å². The molecule has 0 spiro atoms. The molecule has 31 heavy (non-hydrogen) atoms. The monoisotopic (exact) mass is 435 g/mol. The number of Topliss-reactive ketones (excluding diaryl/α,β-unsaturated/α-hetero) is 1. The molecular formula is C25H25NO4S. The van der Waals surface area contributed by atoms with E-state index in [0.29, 0.717) is 24.3 Å². The van der Waals surface area contributed by atoms with Gasteiger partial charge in [-0.05, 0) is 49.6 Å². The largest absolute Gasteiger partial charge is 0.488 e. The van der Waals surface area contributed by atoms with Crippen molar-refractivity contribution >= 4 is 15.8 Å². The van der Waals surface area contributed by atoms with Gasteiger partial charge in [0.1, 0.15) is 12.4 Å². The molecule has 5 nitrogen and oxygen atoms in total. The van der Waals surface area contributed by atoms with E-state index < -0.39 is 16.1 Å². The molecule has 0 amide bonds. The van der Waals surface area contributed by atoms with Crippen LogP contribution in [0.15, 0.2) is 77.7 Å². The van der Waals surface area contributed by atoms with Crippen LogP contribution < -0.4 is 4.74 Å². The molecule has 4 rings (SSSR count). The number of nitrogens with zero attached hydrogens (tertiary/aromatic N) is 1. The zero-order chi connectivity index (χ0) is 22.0. The first-order valence-electron chi connectivity index (χ1n) is 10.3. The Bertz CT molecular complexity index is 1190. The van der Waals surface area contributed by atoms with Crippen LogP contribution in [0.2, 0.25) is 0 Å². The zero-order valence-electron chi connectivity index (χ0n) is 17.6. The van der Waals surface area contributed by atoms with Crippen molar-refractivity contribution < 1.29 is 17.9 Å². The second-order valence-corrected chi connectivity index (χ2v) is 9.67. The van der Waals surface area contributed by atoms with Gasteiger partial charge in [0.2, 0.25) is 10.0 Å². The van der Waals surface area contributed by atoms with Crippen molar-refractivity contribution in [3.63, 3.8) is 0 Å². The molecule has 0 saturated carbocycles. The Kier molecular flexibility index (Phi) is 5.94. The summed E-state index contributed by atoms with van der Waals surface area (Å²) in [6.07, 6.45) is 0.443. The van der Waals surface area contributed by atoms with E-state index in [0.717, 1.165) is 16.7 Å². The highest BCUT2D eigenvalue weighted by Crippen LogP contribution is 2.31. The topological polar surface area (TPSA) is 63.7 Å². The van der Waals surface area contributed by atoms with Gasteiger partial charge in [0.05, 0.1) is 16.5 Å². The van der Waals surface area contributed by atoms with Gasteiger partial charge in [-0.3, -0.25) is 4.79 Å². The molecule has 160 valence electrons. The number of carbonyl (C=O) groups excluding carboxylic acids is 1. The Morgan fingerprint density at radius 2 is 1.68 bits per heavy atom. The number of hydrogen-bond acceptors (Lipinski definition) is 4. The number of fused-ring (bicyclic) bond motifs is 1. The minimum absolute atomic E-state index is 0.198. The van der Waals surface area contributed by atoms with Gasteiger partial charge in [-0.25, -0.2) is 8.42 Å². The lowest BCUT2D eigenvalue weighted by molar-refractivity contribution is 0.0911. The van der Waals surface area contributed by atoms with E-state index in [1.165, 1.54) is 4.31 Å². The molecule has 0 N–H and O–H groups in total. The van der Waals surface area contributed by atoms with Crippen LogP contribution in [-0.2, 0) is 23.1 Å². The third kappa shape index (κ3) is 4.27. The first-order valence-corrected chi connectivity index (χ1v) is 11.7. The Morgan fingerprint density at radius 1 is 0.968 bits per heavy atom. The fourth-order valence-electron chi connectivity index (χ4n) is 3.86. The average Bonchev–Trinajstić information content (AvgIpc) is 2.90. The SMILES string of the molecule is Cc1ccc(S(=O)(=O)N2CCc3cccc(OCc4ccccc4)c3C(=O)C2C)cc1. The summed E-state index contributed by atoms with van der Waals surface area (Å²) in [7, 11) is -3.80. The first kappa shape index (κ1) is 21.3. The number of ketones is 1. The van der Waals surface area contributed by atoms with E-state index in [1.54, 1.807) is 37.3 Å². The molecule has 3 aromatic rings. The summed E-state index contributed by atoms with van der Waals surface area (Å²) < 4.78 is 33.9. The van der Waals surface area contributed by atoms with Gasteiger partial charge < -0.3 is 4.74 Å². The summed E-state index contributed by atoms with van der Waals surface area (Å²) in [5.74, 6) is 0.250. The van der Waals surface area contributed by atoms with Crippen molar-refractivity contribution in [2.75, 3.05) is 6.54 Å². The average molecular weight is 436 g/mol. The summed E-state index contributed by atoms with van der Waals surface area (Å²) >= 11 is 0. The molecule has 0 bridgehead atoms. The van der Waals surface area contributed by atoms with Gasteiger partial charge in [-0.2, -0.15) is 4.31 Å². The van der Waals surface area contributed by atoms with Crippen LogP contribution in [0, 0.1) is 6.92 Å². The Morgan fingerprint density at radius 3 is 2.39 bits per heavy atom. The predicted octanol–water partition coefficient (Wildman–Crippen LogP) is 4.39. The van der Waals surface area contributed by atoms with Crippen LogP contribution in [0.25, 0.3) is 0 Å². The summed E-state index contributed by atoms with van der Waals surface area (Å²) in [5, 5.41) is 0. The number of hydrogen-bond donors (Lipinski definition) is 0. The summed E-state index contributed by atoms with van der Waals surface area (Å²) in [5.41, 5.74) is 3.26. The smallest absolute Gasteiger partial charge is 0.243 e. The summed E-state index contributed by atoms with van der Waals surface area (Å²) in [6.45, 7) is 4.13. The molecule has 3 aromatic carbocycles. The molecule has 1 aliphatic heterocycles. The third-order valence-corrected chi connectivity index (χ3v) is 7.62. The molecule has 0 aromatic heterocycles. The molecule has 0 fully saturated rings. The van der Waals surface area contributed by atoms with E-state index in [4.69, 9.17) is 4.74 Å². The van der Waals surface area contributed by atoms with Crippen LogP contribution in [0.5, 0.6) is 5.75 Å². The van der Waals surface area contributed by atoms with Gasteiger partial charge in [-0.1, -0.05) is 60.2 Å². The number of carbonyl (C=O) groups is 1. The number of benzene rings is 3. The quantitative estimate of drug-likeness (QED) is 0.596.